The van der Waals surface area contributed by atoms with E-state index in [1.54, 1.807) is 6.07 Å². The van der Waals surface area contributed by atoms with Crippen LogP contribution in [0, 0.1) is 20.1 Å². The van der Waals surface area contributed by atoms with E-state index in [1.165, 1.54) is 0 Å². The fraction of sp³-hybridized carbons (Fsp3) is 0.462. The number of fused-ring (bicyclic) bond motifs is 1. The van der Waals surface area contributed by atoms with Crippen LogP contribution in [-0.2, 0) is 6.54 Å². The van der Waals surface area contributed by atoms with Crippen LogP contribution >= 0.6 is 34.8 Å². The van der Waals surface area contributed by atoms with Crippen LogP contribution in [0.2, 0.25) is 0 Å². The predicted molar refractivity (Wildman–Crippen MR) is 83.9 cm³/mol. The van der Waals surface area contributed by atoms with Crippen molar-refractivity contribution in [2.24, 2.45) is 5.92 Å². The summed E-state index contributed by atoms with van der Waals surface area (Å²) in [4.78, 5) is 3.15. The molecule has 0 aliphatic rings. The third kappa shape index (κ3) is 2.61. The number of nitrogens with zero attached hydrogens (tertiary/aromatic N) is 1. The summed E-state index contributed by atoms with van der Waals surface area (Å²) in [6.45, 7) is 5.21. The van der Waals surface area contributed by atoms with Crippen molar-refractivity contribution in [1.82, 2.24) is 9.55 Å². The molecule has 0 bridgehead atoms. The number of aromatic nitrogens is 2. The monoisotopic (exact) mass is 378 g/mol. The molecular weight excluding hydrogens is 362 g/mol. The van der Waals surface area contributed by atoms with Crippen molar-refractivity contribution < 1.29 is 4.39 Å². The Morgan fingerprint density at radius 3 is 2.67 bits per heavy atom. The summed E-state index contributed by atoms with van der Waals surface area (Å²) in [5, 5.41) is 0. The molecule has 0 saturated heterocycles. The van der Waals surface area contributed by atoms with Crippen molar-refractivity contribution in [2.45, 2.75) is 33.2 Å². The van der Waals surface area contributed by atoms with E-state index in [1.807, 2.05) is 33.2 Å². The van der Waals surface area contributed by atoms with Gasteiger partial charge in [0.1, 0.15) is 5.82 Å². The van der Waals surface area contributed by atoms with Gasteiger partial charge in [-0.3, -0.25) is 0 Å². The quantitative estimate of drug-likeness (QED) is 0.594. The molecule has 0 aliphatic heterocycles. The molecule has 2 aromatic rings. The van der Waals surface area contributed by atoms with Crippen LogP contribution in [0.1, 0.15) is 26.7 Å². The van der Waals surface area contributed by atoms with Gasteiger partial charge in [0.05, 0.1) is 14.6 Å². The van der Waals surface area contributed by atoms with Gasteiger partial charge in [0.15, 0.2) is 4.77 Å². The minimum atomic E-state index is -0.185. The molecule has 1 aromatic heterocycles. The highest BCUT2D eigenvalue weighted by atomic mass is 127. The summed E-state index contributed by atoms with van der Waals surface area (Å²) < 4.78 is 17.0. The number of rotatable bonds is 4. The fourth-order valence-corrected chi connectivity index (χ4v) is 2.89. The highest BCUT2D eigenvalue weighted by molar-refractivity contribution is 14.1. The van der Waals surface area contributed by atoms with Crippen molar-refractivity contribution >= 4 is 45.8 Å². The van der Waals surface area contributed by atoms with Crippen molar-refractivity contribution in [2.75, 3.05) is 0 Å². The summed E-state index contributed by atoms with van der Waals surface area (Å²) in [7, 11) is 0. The van der Waals surface area contributed by atoms with Crippen LogP contribution in [0.4, 0.5) is 4.39 Å². The van der Waals surface area contributed by atoms with Gasteiger partial charge < -0.3 is 9.55 Å². The zero-order valence-electron chi connectivity index (χ0n) is 10.5. The molecule has 0 radical (unpaired) electrons. The molecule has 18 heavy (non-hydrogen) atoms. The number of imidazole rings is 1. The largest absolute Gasteiger partial charge is 0.331 e. The number of nitrogens with one attached hydrogen (secondary N) is 1. The van der Waals surface area contributed by atoms with E-state index in [0.29, 0.717) is 14.3 Å². The van der Waals surface area contributed by atoms with E-state index in [4.69, 9.17) is 12.2 Å². The maximum Gasteiger partial charge on any atom is 0.178 e. The first-order chi connectivity index (χ1) is 8.56. The second kappa shape index (κ2) is 5.69. The molecule has 0 aliphatic carbocycles. The molecule has 2 nitrogen and oxygen atoms in total. The summed E-state index contributed by atoms with van der Waals surface area (Å²) in [6.07, 6.45) is 2.22. The molecular formula is C13H16FIN2S. The van der Waals surface area contributed by atoms with E-state index in [9.17, 15) is 4.39 Å². The fourth-order valence-electron chi connectivity index (χ4n) is 2.14. The first kappa shape index (κ1) is 14.0. The summed E-state index contributed by atoms with van der Waals surface area (Å²) in [6, 6.07) is 3.39. The van der Waals surface area contributed by atoms with Gasteiger partial charge in [-0.15, -0.1) is 0 Å². The minimum Gasteiger partial charge on any atom is -0.331 e. The van der Waals surface area contributed by atoms with E-state index < -0.39 is 0 Å². The molecule has 0 atom stereocenters. The van der Waals surface area contributed by atoms with Gasteiger partial charge in [0, 0.05) is 12.6 Å². The first-order valence-electron chi connectivity index (χ1n) is 6.14. The summed E-state index contributed by atoms with van der Waals surface area (Å²) >= 11 is 7.33. The van der Waals surface area contributed by atoms with Crippen LogP contribution in [0.25, 0.3) is 11.0 Å². The van der Waals surface area contributed by atoms with E-state index >= 15 is 0 Å². The Balaban J connectivity index is 2.53. The molecule has 0 amide bonds. The Morgan fingerprint density at radius 2 is 2.06 bits per heavy atom. The Bertz CT molecular complexity index is 613. The Kier molecular flexibility index (Phi) is 4.42. The van der Waals surface area contributed by atoms with Gasteiger partial charge in [0.2, 0.25) is 0 Å². The van der Waals surface area contributed by atoms with Crippen LogP contribution in [0.3, 0.4) is 0 Å². The normalized spacial score (nSPS) is 11.6. The number of benzene rings is 1. The van der Waals surface area contributed by atoms with Crippen molar-refractivity contribution in [3.63, 3.8) is 0 Å². The van der Waals surface area contributed by atoms with Crippen LogP contribution < -0.4 is 0 Å². The second-order valence-electron chi connectivity index (χ2n) is 4.51. The van der Waals surface area contributed by atoms with Gasteiger partial charge >= 0.3 is 0 Å². The predicted octanol–water partition coefficient (Wildman–Crippen LogP) is 4.88. The lowest BCUT2D eigenvalue weighted by atomic mass is 10.0. The molecule has 5 heteroatoms. The topological polar surface area (TPSA) is 20.7 Å². The average Bonchev–Trinajstić information content (AvgIpc) is 2.63. The molecule has 1 N–H and O–H groups in total. The van der Waals surface area contributed by atoms with Gasteiger partial charge in [-0.2, -0.15) is 0 Å². The molecule has 1 heterocycles. The maximum atomic E-state index is 13.7. The minimum absolute atomic E-state index is 0.185. The van der Waals surface area contributed by atoms with Gasteiger partial charge in [-0.1, -0.05) is 26.7 Å². The Hall–Kier alpha value is -0.430. The van der Waals surface area contributed by atoms with Gasteiger partial charge in [-0.05, 0) is 46.8 Å². The zero-order valence-corrected chi connectivity index (χ0v) is 13.4. The van der Waals surface area contributed by atoms with E-state index in [2.05, 4.69) is 18.8 Å². The standard InChI is InChI=1S/C13H16FIN2S/c1-3-8(4-2)7-17-12-5-9(14)10(15)6-11(12)16-13(17)18/h5-6,8H,3-4,7H2,1-2H3,(H,16,18). The maximum absolute atomic E-state index is 13.7. The number of halogens is 2. The molecule has 98 valence electrons. The van der Waals surface area contributed by atoms with E-state index in [0.717, 1.165) is 30.4 Å². The third-order valence-electron chi connectivity index (χ3n) is 3.41. The number of aromatic amines is 1. The zero-order chi connectivity index (χ0) is 13.3. The Labute approximate surface area is 125 Å². The Morgan fingerprint density at radius 1 is 1.39 bits per heavy atom. The molecule has 2 rings (SSSR count). The van der Waals surface area contributed by atoms with E-state index in [-0.39, 0.29) is 5.82 Å². The first-order valence-corrected chi connectivity index (χ1v) is 7.63. The molecule has 1 aromatic carbocycles. The highest BCUT2D eigenvalue weighted by Crippen LogP contribution is 2.22. The molecule has 0 saturated carbocycles. The average molecular weight is 378 g/mol. The van der Waals surface area contributed by atoms with Gasteiger partial charge in [0.25, 0.3) is 0 Å². The molecule has 0 fully saturated rings. The lowest BCUT2D eigenvalue weighted by Gasteiger charge is -2.13. The second-order valence-corrected chi connectivity index (χ2v) is 6.06. The highest BCUT2D eigenvalue weighted by Gasteiger charge is 2.11. The molecule has 0 unspecified atom stereocenters. The van der Waals surface area contributed by atoms with Crippen molar-refractivity contribution in [3.05, 3.63) is 26.3 Å². The molecule has 0 spiro atoms. The van der Waals surface area contributed by atoms with Crippen LogP contribution in [0.5, 0.6) is 0 Å². The van der Waals surface area contributed by atoms with Crippen molar-refractivity contribution in [3.8, 4) is 0 Å². The summed E-state index contributed by atoms with van der Waals surface area (Å²) in [5.41, 5.74) is 1.78. The lowest BCUT2D eigenvalue weighted by molar-refractivity contribution is 0.422. The smallest absolute Gasteiger partial charge is 0.178 e. The lowest BCUT2D eigenvalue weighted by Crippen LogP contribution is -2.09. The van der Waals surface area contributed by atoms with Crippen LogP contribution in [0.15, 0.2) is 12.1 Å². The third-order valence-corrected chi connectivity index (χ3v) is 4.56. The SMILES string of the molecule is CCC(CC)Cn1c(=S)[nH]c2cc(I)c(F)cc21. The number of H-pyrrole nitrogens is 1. The van der Waals surface area contributed by atoms with Crippen LogP contribution in [-0.4, -0.2) is 9.55 Å². The van der Waals surface area contributed by atoms with Gasteiger partial charge in [-0.25, -0.2) is 4.39 Å². The van der Waals surface area contributed by atoms with Crippen molar-refractivity contribution in [1.29, 1.82) is 0 Å². The number of hydrogen-bond acceptors (Lipinski definition) is 1. The number of hydrogen-bond donors (Lipinski definition) is 1. The summed E-state index contributed by atoms with van der Waals surface area (Å²) in [5.74, 6) is 0.397.